The van der Waals surface area contributed by atoms with Crippen molar-refractivity contribution < 1.29 is 0 Å². The molecular weight excluding hydrogens is 266 g/mol. The molecule has 0 spiro atoms. The summed E-state index contributed by atoms with van der Waals surface area (Å²) in [7, 11) is 0. The number of halogens is 3. The molecule has 1 aromatic heterocycles. The molecule has 0 radical (unpaired) electrons. The van der Waals surface area contributed by atoms with Gasteiger partial charge >= 0.3 is 0 Å². The zero-order chi connectivity index (χ0) is 11.5. The fourth-order valence-corrected chi connectivity index (χ4v) is 1.64. The number of benzene rings is 1. The van der Waals surface area contributed by atoms with Crippen molar-refractivity contribution in [2.75, 3.05) is 0 Å². The van der Waals surface area contributed by atoms with Crippen molar-refractivity contribution in [3.63, 3.8) is 0 Å². The molecule has 2 rings (SSSR count). The van der Waals surface area contributed by atoms with Gasteiger partial charge in [0.05, 0.1) is 15.9 Å². The van der Waals surface area contributed by atoms with Crippen LogP contribution in [-0.2, 0) is 5.88 Å². The van der Waals surface area contributed by atoms with Gasteiger partial charge in [0, 0.05) is 23.5 Å². The summed E-state index contributed by atoms with van der Waals surface area (Å²) in [6.07, 6.45) is 3.38. The Bertz CT molecular complexity index is 497. The molecule has 0 unspecified atom stereocenters. The van der Waals surface area contributed by atoms with Crippen molar-refractivity contribution in [1.29, 1.82) is 0 Å². The zero-order valence-corrected chi connectivity index (χ0v) is 10.4. The highest BCUT2D eigenvalue weighted by Gasteiger charge is 2.04. The van der Waals surface area contributed by atoms with Crippen molar-refractivity contribution in [2.24, 2.45) is 0 Å². The quantitative estimate of drug-likeness (QED) is 0.767. The summed E-state index contributed by atoms with van der Waals surface area (Å²) in [6, 6.07) is 5.28. The maximum atomic E-state index is 5.91. The lowest BCUT2D eigenvalue weighted by Gasteiger charge is -2.02. The average Bonchev–Trinajstić information content (AvgIpc) is 2.33. The SMILES string of the molecule is ClCc1cnc(-c2ccc(Cl)c(Cl)c2)nc1. The first-order valence-electron chi connectivity index (χ1n) is 4.53. The van der Waals surface area contributed by atoms with Gasteiger partial charge in [0.1, 0.15) is 0 Å². The number of hydrogen-bond acceptors (Lipinski definition) is 2. The smallest absolute Gasteiger partial charge is 0.159 e. The Hall–Kier alpha value is -0.830. The molecule has 0 saturated heterocycles. The third-order valence-electron chi connectivity index (χ3n) is 2.04. The Morgan fingerprint density at radius 3 is 2.25 bits per heavy atom. The average molecular weight is 274 g/mol. The molecule has 16 heavy (non-hydrogen) atoms. The summed E-state index contributed by atoms with van der Waals surface area (Å²) in [6.45, 7) is 0. The standard InChI is InChI=1S/C11H7Cl3N2/c12-4-7-5-15-11(16-6-7)8-1-2-9(13)10(14)3-8/h1-3,5-6H,4H2. The molecule has 1 heterocycles. The zero-order valence-electron chi connectivity index (χ0n) is 8.12. The fraction of sp³-hybridized carbons (Fsp3) is 0.0909. The Morgan fingerprint density at radius 2 is 1.69 bits per heavy atom. The van der Waals surface area contributed by atoms with Gasteiger partial charge in [0.15, 0.2) is 5.82 Å². The van der Waals surface area contributed by atoms with Crippen LogP contribution in [0, 0.1) is 0 Å². The molecule has 0 fully saturated rings. The molecule has 0 atom stereocenters. The van der Waals surface area contributed by atoms with E-state index in [0.717, 1.165) is 11.1 Å². The van der Waals surface area contributed by atoms with Gasteiger partial charge in [-0.2, -0.15) is 0 Å². The van der Waals surface area contributed by atoms with Crippen molar-refractivity contribution >= 4 is 34.8 Å². The molecule has 0 saturated carbocycles. The third-order valence-corrected chi connectivity index (χ3v) is 3.09. The minimum absolute atomic E-state index is 0.404. The maximum Gasteiger partial charge on any atom is 0.159 e. The van der Waals surface area contributed by atoms with Crippen LogP contribution in [0.5, 0.6) is 0 Å². The normalized spacial score (nSPS) is 10.4. The first-order chi connectivity index (χ1) is 7.70. The van der Waals surface area contributed by atoms with Crippen molar-refractivity contribution in [2.45, 2.75) is 5.88 Å². The van der Waals surface area contributed by atoms with Crippen LogP contribution < -0.4 is 0 Å². The first-order valence-corrected chi connectivity index (χ1v) is 5.82. The van der Waals surface area contributed by atoms with Gasteiger partial charge in [-0.1, -0.05) is 23.2 Å². The van der Waals surface area contributed by atoms with Gasteiger partial charge in [0.25, 0.3) is 0 Å². The van der Waals surface area contributed by atoms with Crippen LogP contribution >= 0.6 is 34.8 Å². The number of nitrogens with zero attached hydrogens (tertiary/aromatic N) is 2. The maximum absolute atomic E-state index is 5.91. The van der Waals surface area contributed by atoms with E-state index in [9.17, 15) is 0 Å². The predicted octanol–water partition coefficient (Wildman–Crippen LogP) is 4.19. The Balaban J connectivity index is 2.38. The summed E-state index contributed by atoms with van der Waals surface area (Å²) in [5.41, 5.74) is 1.71. The molecule has 2 aromatic rings. The fourth-order valence-electron chi connectivity index (χ4n) is 1.21. The summed E-state index contributed by atoms with van der Waals surface area (Å²) in [4.78, 5) is 8.39. The molecular formula is C11H7Cl3N2. The Morgan fingerprint density at radius 1 is 1.00 bits per heavy atom. The summed E-state index contributed by atoms with van der Waals surface area (Å²) in [5.74, 6) is 1.01. The van der Waals surface area contributed by atoms with Gasteiger partial charge in [0.2, 0.25) is 0 Å². The van der Waals surface area contributed by atoms with Gasteiger partial charge in [-0.05, 0) is 18.2 Å². The number of hydrogen-bond donors (Lipinski definition) is 0. The lowest BCUT2D eigenvalue weighted by Crippen LogP contribution is -1.90. The lowest BCUT2D eigenvalue weighted by molar-refractivity contribution is 1.13. The van der Waals surface area contributed by atoms with Gasteiger partial charge in [-0.15, -0.1) is 11.6 Å². The van der Waals surface area contributed by atoms with Crippen LogP contribution in [0.25, 0.3) is 11.4 Å². The molecule has 0 aliphatic carbocycles. The summed E-state index contributed by atoms with van der Waals surface area (Å²) >= 11 is 17.4. The number of aromatic nitrogens is 2. The van der Waals surface area contributed by atoms with Crippen LogP contribution in [0.2, 0.25) is 10.0 Å². The van der Waals surface area contributed by atoms with Crippen molar-refractivity contribution in [3.8, 4) is 11.4 Å². The number of rotatable bonds is 2. The summed E-state index contributed by atoms with van der Waals surface area (Å²) < 4.78 is 0. The van der Waals surface area contributed by atoms with E-state index in [4.69, 9.17) is 34.8 Å². The van der Waals surface area contributed by atoms with Crippen molar-refractivity contribution in [3.05, 3.63) is 46.2 Å². The highest BCUT2D eigenvalue weighted by molar-refractivity contribution is 6.42. The van der Waals surface area contributed by atoms with Gasteiger partial charge in [-0.3, -0.25) is 0 Å². The van der Waals surface area contributed by atoms with E-state index in [2.05, 4.69) is 9.97 Å². The molecule has 5 heteroatoms. The largest absolute Gasteiger partial charge is 0.236 e. The second-order valence-electron chi connectivity index (χ2n) is 3.18. The second kappa shape index (κ2) is 5.00. The molecule has 2 nitrogen and oxygen atoms in total. The molecule has 1 aromatic carbocycles. The molecule has 0 N–H and O–H groups in total. The first kappa shape index (κ1) is 11.6. The highest BCUT2D eigenvalue weighted by atomic mass is 35.5. The third kappa shape index (κ3) is 2.46. The van der Waals surface area contributed by atoms with Crippen molar-refractivity contribution in [1.82, 2.24) is 9.97 Å². The van der Waals surface area contributed by atoms with Crippen LogP contribution in [0.15, 0.2) is 30.6 Å². The Kier molecular flexibility index (Phi) is 3.64. The predicted molar refractivity (Wildman–Crippen MR) is 67.0 cm³/mol. The van der Waals surface area contributed by atoms with Gasteiger partial charge in [-0.25, -0.2) is 9.97 Å². The minimum Gasteiger partial charge on any atom is -0.236 e. The van der Waals surface area contributed by atoms with E-state index in [1.165, 1.54) is 0 Å². The van der Waals surface area contributed by atoms with Crippen LogP contribution in [-0.4, -0.2) is 9.97 Å². The summed E-state index contributed by atoms with van der Waals surface area (Å²) in [5, 5.41) is 1.01. The number of alkyl halides is 1. The lowest BCUT2D eigenvalue weighted by atomic mass is 10.2. The van der Waals surface area contributed by atoms with Crippen LogP contribution in [0.1, 0.15) is 5.56 Å². The second-order valence-corrected chi connectivity index (χ2v) is 4.26. The van der Waals surface area contributed by atoms with Gasteiger partial charge < -0.3 is 0 Å². The van der Waals surface area contributed by atoms with E-state index >= 15 is 0 Å². The topological polar surface area (TPSA) is 25.8 Å². The monoisotopic (exact) mass is 272 g/mol. The van der Waals surface area contributed by atoms with E-state index < -0.39 is 0 Å². The Labute approximate surface area is 108 Å². The molecule has 0 bridgehead atoms. The molecule has 0 aliphatic heterocycles. The molecule has 0 amide bonds. The van der Waals surface area contributed by atoms with E-state index in [1.807, 2.05) is 6.07 Å². The van der Waals surface area contributed by atoms with E-state index in [-0.39, 0.29) is 0 Å². The van der Waals surface area contributed by atoms with Crippen LogP contribution in [0.4, 0.5) is 0 Å². The minimum atomic E-state index is 0.404. The molecule has 82 valence electrons. The van der Waals surface area contributed by atoms with E-state index in [1.54, 1.807) is 24.5 Å². The highest BCUT2D eigenvalue weighted by Crippen LogP contribution is 2.26. The van der Waals surface area contributed by atoms with Crippen LogP contribution in [0.3, 0.4) is 0 Å². The molecule has 0 aliphatic rings. The van der Waals surface area contributed by atoms with E-state index in [0.29, 0.717) is 21.7 Å².